The number of thiazole rings is 1. The predicted molar refractivity (Wildman–Crippen MR) is 168 cm³/mol. The number of halogens is 6. The van der Waals surface area contributed by atoms with Gasteiger partial charge in [-0.2, -0.15) is 26.3 Å². The number of imide groups is 1. The molecular formula is C32H24F6N4O4S2. The molecule has 16 heteroatoms. The maximum Gasteiger partial charge on any atom is 0.416 e. The lowest BCUT2D eigenvalue weighted by molar-refractivity contribution is -0.138. The third-order valence-corrected chi connectivity index (χ3v) is 10.6. The van der Waals surface area contributed by atoms with Crippen LogP contribution in [0.15, 0.2) is 82.6 Å². The molecule has 1 aromatic heterocycles. The Kier molecular flexibility index (Phi) is 8.44. The Morgan fingerprint density at radius 2 is 1.48 bits per heavy atom. The topological polar surface area (TPSA) is 91.7 Å². The van der Waals surface area contributed by atoms with Gasteiger partial charge in [0.1, 0.15) is 11.8 Å². The summed E-state index contributed by atoms with van der Waals surface area (Å²) in [6.07, 6.45) is -9.38. The SMILES string of the molecule is CN(C)c1ccc([C@@H]2c3sc(=O)n(CC(=O)Nc4cccc(C(F)(F)F)c4)c3S[C@H]3C(=O)N(c4cccc(C(F)(F)F)c4)C(=O)[C@@H]23)cc1. The van der Waals surface area contributed by atoms with Gasteiger partial charge in [-0.05, 0) is 54.1 Å². The zero-order chi connectivity index (χ0) is 34.7. The summed E-state index contributed by atoms with van der Waals surface area (Å²) < 4.78 is 81.3. The number of amides is 3. The summed E-state index contributed by atoms with van der Waals surface area (Å²) in [4.78, 5) is 56.6. The maximum absolute atomic E-state index is 14.0. The highest BCUT2D eigenvalue weighted by Gasteiger charge is 2.57. The molecule has 0 bridgehead atoms. The molecule has 0 spiro atoms. The molecule has 1 fully saturated rings. The number of nitrogens with zero attached hydrogens (tertiary/aromatic N) is 3. The Balaban J connectivity index is 1.39. The van der Waals surface area contributed by atoms with Crippen LogP contribution in [-0.4, -0.2) is 41.6 Å². The van der Waals surface area contributed by atoms with Crippen molar-refractivity contribution in [3.05, 3.63) is 104 Å². The van der Waals surface area contributed by atoms with E-state index in [2.05, 4.69) is 5.32 Å². The molecule has 0 radical (unpaired) electrons. The maximum atomic E-state index is 14.0. The normalized spacial score (nSPS) is 19.2. The van der Waals surface area contributed by atoms with E-state index < -0.39 is 69.7 Å². The average Bonchev–Trinajstić information content (AvgIpc) is 3.46. The summed E-state index contributed by atoms with van der Waals surface area (Å²) in [5, 5.41) is 1.41. The summed E-state index contributed by atoms with van der Waals surface area (Å²) in [6, 6.07) is 14.9. The van der Waals surface area contributed by atoms with Gasteiger partial charge in [-0.1, -0.05) is 47.4 Å². The summed E-state index contributed by atoms with van der Waals surface area (Å²) in [5.74, 6) is -4.31. The molecule has 3 aromatic carbocycles. The van der Waals surface area contributed by atoms with E-state index in [0.717, 1.165) is 74.7 Å². The molecule has 250 valence electrons. The Bertz CT molecular complexity index is 1990. The van der Waals surface area contributed by atoms with Crippen molar-refractivity contribution in [3.8, 4) is 0 Å². The summed E-state index contributed by atoms with van der Waals surface area (Å²) in [6.45, 7) is -0.614. The van der Waals surface area contributed by atoms with Crippen molar-refractivity contribution < 1.29 is 40.7 Å². The van der Waals surface area contributed by atoms with E-state index in [1.807, 2.05) is 19.0 Å². The van der Waals surface area contributed by atoms with Crippen LogP contribution in [0.4, 0.5) is 43.4 Å². The van der Waals surface area contributed by atoms with Gasteiger partial charge in [0, 0.05) is 36.3 Å². The summed E-state index contributed by atoms with van der Waals surface area (Å²) in [7, 11) is 3.64. The van der Waals surface area contributed by atoms with Gasteiger partial charge in [-0.3, -0.25) is 23.7 Å². The zero-order valence-electron chi connectivity index (χ0n) is 24.9. The molecule has 3 atom stereocenters. The number of rotatable bonds is 6. The fraction of sp³-hybridized carbons (Fsp3) is 0.250. The van der Waals surface area contributed by atoms with Crippen LogP contribution in [0.3, 0.4) is 0 Å². The largest absolute Gasteiger partial charge is 0.416 e. The Morgan fingerprint density at radius 1 is 0.854 bits per heavy atom. The highest BCUT2D eigenvalue weighted by Crippen LogP contribution is 2.54. The van der Waals surface area contributed by atoms with Crippen molar-refractivity contribution in [1.82, 2.24) is 4.57 Å². The number of carbonyl (C=O) groups excluding carboxylic acids is 3. The van der Waals surface area contributed by atoms with Gasteiger partial charge in [-0.25, -0.2) is 4.90 Å². The van der Waals surface area contributed by atoms with E-state index in [0.29, 0.717) is 10.4 Å². The minimum absolute atomic E-state index is 0.146. The smallest absolute Gasteiger partial charge is 0.378 e. The molecule has 1 N–H and O–H groups in total. The van der Waals surface area contributed by atoms with Crippen molar-refractivity contribution >= 4 is 57.9 Å². The third kappa shape index (κ3) is 6.09. The zero-order valence-corrected chi connectivity index (χ0v) is 26.6. The molecule has 48 heavy (non-hydrogen) atoms. The van der Waals surface area contributed by atoms with E-state index in [-0.39, 0.29) is 16.4 Å². The first kappa shape index (κ1) is 33.3. The first-order valence-corrected chi connectivity index (χ1v) is 15.9. The second-order valence-electron chi connectivity index (χ2n) is 11.3. The number of hydrogen-bond acceptors (Lipinski definition) is 7. The lowest BCUT2D eigenvalue weighted by Gasteiger charge is -2.31. The second kappa shape index (κ2) is 12.1. The van der Waals surface area contributed by atoms with E-state index >= 15 is 0 Å². The molecule has 2 aliphatic heterocycles. The van der Waals surface area contributed by atoms with Crippen molar-refractivity contribution in [2.24, 2.45) is 5.92 Å². The van der Waals surface area contributed by atoms with E-state index in [9.17, 15) is 45.5 Å². The van der Waals surface area contributed by atoms with Gasteiger partial charge in [0.15, 0.2) is 0 Å². The standard InChI is InChI=1S/C32H24F6N4O4S2/c1-40(2)20-11-9-16(10-12-20)23-24-25(28(45)42(27(24)44)21-8-4-6-18(14-21)32(36,37)38)47-29-26(23)48-30(46)41(29)15-22(43)39-19-7-3-5-17(13-19)31(33,34)35/h3-14,23-25H,15H2,1-2H3,(H,39,43)/t23-,24-,25+/m0/s1. The lowest BCUT2D eigenvalue weighted by Crippen LogP contribution is -2.33. The number of benzene rings is 3. The van der Waals surface area contributed by atoms with Gasteiger partial charge in [0.2, 0.25) is 17.7 Å². The number of anilines is 3. The molecule has 6 rings (SSSR count). The minimum atomic E-state index is -4.73. The Morgan fingerprint density at radius 3 is 2.10 bits per heavy atom. The number of alkyl halides is 6. The van der Waals surface area contributed by atoms with Crippen molar-refractivity contribution in [2.75, 3.05) is 29.2 Å². The van der Waals surface area contributed by atoms with Crippen molar-refractivity contribution in [1.29, 1.82) is 0 Å². The molecular weight excluding hydrogens is 682 g/mol. The summed E-state index contributed by atoms with van der Waals surface area (Å²) in [5.41, 5.74) is -1.05. The van der Waals surface area contributed by atoms with Gasteiger partial charge in [0.25, 0.3) is 0 Å². The fourth-order valence-corrected chi connectivity index (χ4v) is 8.56. The summed E-state index contributed by atoms with van der Waals surface area (Å²) >= 11 is 1.61. The minimum Gasteiger partial charge on any atom is -0.378 e. The number of aromatic nitrogens is 1. The fourth-order valence-electron chi connectivity index (χ4n) is 5.79. The first-order chi connectivity index (χ1) is 22.5. The van der Waals surface area contributed by atoms with E-state index in [1.165, 1.54) is 12.1 Å². The molecule has 4 aromatic rings. The predicted octanol–water partition coefficient (Wildman–Crippen LogP) is 6.45. The van der Waals surface area contributed by atoms with Gasteiger partial charge < -0.3 is 10.2 Å². The van der Waals surface area contributed by atoms with Crippen LogP contribution in [0.5, 0.6) is 0 Å². The van der Waals surface area contributed by atoms with Crippen LogP contribution in [0, 0.1) is 5.92 Å². The molecule has 3 heterocycles. The van der Waals surface area contributed by atoms with E-state index in [1.54, 1.807) is 24.3 Å². The van der Waals surface area contributed by atoms with Gasteiger partial charge >= 0.3 is 17.2 Å². The Hall–Kier alpha value is -4.57. The monoisotopic (exact) mass is 706 g/mol. The number of fused-ring (bicyclic) bond motifs is 2. The van der Waals surface area contributed by atoms with E-state index in [4.69, 9.17) is 0 Å². The van der Waals surface area contributed by atoms with Crippen molar-refractivity contribution in [3.63, 3.8) is 0 Å². The quantitative estimate of drug-likeness (QED) is 0.183. The first-order valence-electron chi connectivity index (χ1n) is 14.2. The lowest BCUT2D eigenvalue weighted by atomic mass is 9.83. The van der Waals surface area contributed by atoms with Crippen LogP contribution < -0.4 is 20.0 Å². The van der Waals surface area contributed by atoms with Crippen LogP contribution in [-0.2, 0) is 33.3 Å². The van der Waals surface area contributed by atoms with Crippen LogP contribution in [0.1, 0.15) is 27.5 Å². The number of hydrogen-bond donors (Lipinski definition) is 1. The number of carbonyl (C=O) groups is 3. The van der Waals surface area contributed by atoms with Gasteiger partial charge in [0.05, 0.1) is 27.8 Å². The molecule has 0 saturated carbocycles. The molecule has 8 nitrogen and oxygen atoms in total. The molecule has 0 aliphatic carbocycles. The average molecular weight is 707 g/mol. The number of nitrogens with one attached hydrogen (secondary N) is 1. The second-order valence-corrected chi connectivity index (χ2v) is 13.5. The highest BCUT2D eigenvalue weighted by atomic mass is 32.2. The highest BCUT2D eigenvalue weighted by molar-refractivity contribution is 8.00. The Labute approximate surface area is 277 Å². The van der Waals surface area contributed by atoms with Crippen LogP contribution >= 0.6 is 23.1 Å². The number of thioether (sulfide) groups is 1. The van der Waals surface area contributed by atoms with Crippen molar-refractivity contribution in [2.45, 2.75) is 35.1 Å². The van der Waals surface area contributed by atoms with Gasteiger partial charge in [-0.15, -0.1) is 0 Å². The molecule has 1 saturated heterocycles. The molecule has 0 unspecified atom stereocenters. The molecule has 2 aliphatic rings. The third-order valence-electron chi connectivity index (χ3n) is 8.02. The van der Waals surface area contributed by atoms with Crippen LogP contribution in [0.2, 0.25) is 0 Å². The molecule has 3 amide bonds. The van der Waals surface area contributed by atoms with Crippen LogP contribution in [0.25, 0.3) is 0 Å².